The minimum atomic E-state index is -0.493. The van der Waals surface area contributed by atoms with E-state index < -0.39 is 4.92 Å². The zero-order valence-corrected chi connectivity index (χ0v) is 12.6. The SMILES string of the molecule is O=C(CNc1ccccc1[N+](=O)[O-])Nc1cnc2ccccc2c1. The molecule has 24 heavy (non-hydrogen) atoms. The van der Waals surface area contributed by atoms with Crippen molar-refractivity contribution in [2.24, 2.45) is 0 Å². The summed E-state index contributed by atoms with van der Waals surface area (Å²) < 4.78 is 0. The van der Waals surface area contributed by atoms with Crippen LogP contribution in [0.25, 0.3) is 10.9 Å². The molecular weight excluding hydrogens is 308 g/mol. The molecule has 3 aromatic rings. The first-order chi connectivity index (χ1) is 11.6. The number of nitro groups is 1. The summed E-state index contributed by atoms with van der Waals surface area (Å²) in [5.74, 6) is -0.315. The molecule has 0 saturated heterocycles. The number of aromatic nitrogens is 1. The molecule has 0 fully saturated rings. The molecule has 0 atom stereocenters. The number of nitrogens with zero attached hydrogens (tertiary/aromatic N) is 2. The van der Waals surface area contributed by atoms with Gasteiger partial charge in [0, 0.05) is 11.5 Å². The topological polar surface area (TPSA) is 97.2 Å². The van der Waals surface area contributed by atoms with Crippen molar-refractivity contribution in [2.45, 2.75) is 0 Å². The van der Waals surface area contributed by atoms with Crippen LogP contribution in [0.1, 0.15) is 0 Å². The van der Waals surface area contributed by atoms with Crippen molar-refractivity contribution in [1.82, 2.24) is 4.98 Å². The van der Waals surface area contributed by atoms with E-state index in [0.29, 0.717) is 11.4 Å². The third-order valence-corrected chi connectivity index (χ3v) is 3.41. The Balaban J connectivity index is 1.66. The van der Waals surface area contributed by atoms with Gasteiger partial charge >= 0.3 is 0 Å². The summed E-state index contributed by atoms with van der Waals surface area (Å²) in [4.78, 5) is 26.7. The summed E-state index contributed by atoms with van der Waals surface area (Å²) in [5, 5.41) is 17.4. The molecule has 0 spiro atoms. The van der Waals surface area contributed by atoms with E-state index in [-0.39, 0.29) is 18.1 Å². The highest BCUT2D eigenvalue weighted by Crippen LogP contribution is 2.23. The summed E-state index contributed by atoms with van der Waals surface area (Å²) in [6.07, 6.45) is 1.57. The Morgan fingerprint density at radius 3 is 2.71 bits per heavy atom. The zero-order chi connectivity index (χ0) is 16.9. The molecule has 0 aliphatic rings. The Hall–Kier alpha value is -3.48. The number of carbonyl (C=O) groups is 1. The lowest BCUT2D eigenvalue weighted by molar-refractivity contribution is -0.383. The average Bonchev–Trinajstić information content (AvgIpc) is 2.60. The van der Waals surface area contributed by atoms with Crippen LogP contribution in [0.4, 0.5) is 17.1 Å². The Labute approximate surface area is 137 Å². The van der Waals surface area contributed by atoms with E-state index in [2.05, 4.69) is 15.6 Å². The average molecular weight is 322 g/mol. The minimum absolute atomic E-state index is 0.0716. The Morgan fingerprint density at radius 1 is 1.12 bits per heavy atom. The monoisotopic (exact) mass is 322 g/mol. The normalized spacial score (nSPS) is 10.3. The minimum Gasteiger partial charge on any atom is -0.371 e. The maximum atomic E-state index is 12.0. The fourth-order valence-corrected chi connectivity index (χ4v) is 2.30. The first-order valence-electron chi connectivity index (χ1n) is 7.25. The molecule has 1 aromatic heterocycles. The zero-order valence-electron chi connectivity index (χ0n) is 12.6. The van der Waals surface area contributed by atoms with Crippen molar-refractivity contribution in [1.29, 1.82) is 0 Å². The number of para-hydroxylation sites is 3. The van der Waals surface area contributed by atoms with Crippen LogP contribution < -0.4 is 10.6 Å². The van der Waals surface area contributed by atoms with Crippen molar-refractivity contribution in [3.63, 3.8) is 0 Å². The van der Waals surface area contributed by atoms with Crippen LogP contribution in [0.15, 0.2) is 60.8 Å². The highest BCUT2D eigenvalue weighted by atomic mass is 16.6. The van der Waals surface area contributed by atoms with Gasteiger partial charge in [-0.3, -0.25) is 19.9 Å². The molecule has 0 unspecified atom stereocenters. The van der Waals surface area contributed by atoms with Gasteiger partial charge in [-0.1, -0.05) is 30.3 Å². The molecule has 2 aromatic carbocycles. The molecule has 0 aliphatic heterocycles. The molecule has 1 amide bonds. The summed E-state index contributed by atoms with van der Waals surface area (Å²) >= 11 is 0. The number of anilines is 2. The molecule has 7 heteroatoms. The molecule has 0 radical (unpaired) electrons. The number of fused-ring (bicyclic) bond motifs is 1. The fourth-order valence-electron chi connectivity index (χ4n) is 2.30. The third kappa shape index (κ3) is 3.46. The van der Waals surface area contributed by atoms with E-state index in [1.165, 1.54) is 6.07 Å². The summed E-state index contributed by atoms with van der Waals surface area (Å²) in [7, 11) is 0. The lowest BCUT2D eigenvalue weighted by atomic mass is 10.2. The van der Waals surface area contributed by atoms with Crippen molar-refractivity contribution in [2.75, 3.05) is 17.2 Å². The van der Waals surface area contributed by atoms with Gasteiger partial charge in [-0.15, -0.1) is 0 Å². The van der Waals surface area contributed by atoms with Crippen LogP contribution in [-0.2, 0) is 4.79 Å². The third-order valence-electron chi connectivity index (χ3n) is 3.41. The molecule has 1 heterocycles. The molecule has 0 bridgehead atoms. The largest absolute Gasteiger partial charge is 0.371 e. The van der Waals surface area contributed by atoms with Gasteiger partial charge < -0.3 is 10.6 Å². The molecule has 2 N–H and O–H groups in total. The molecule has 120 valence electrons. The molecule has 7 nitrogen and oxygen atoms in total. The summed E-state index contributed by atoms with van der Waals surface area (Å²) in [6.45, 7) is -0.0856. The van der Waals surface area contributed by atoms with Crippen molar-refractivity contribution in [3.8, 4) is 0 Å². The number of carbonyl (C=O) groups excluding carboxylic acids is 1. The smallest absolute Gasteiger partial charge is 0.292 e. The number of nitrogens with one attached hydrogen (secondary N) is 2. The summed E-state index contributed by atoms with van der Waals surface area (Å²) in [5.41, 5.74) is 1.64. The van der Waals surface area contributed by atoms with E-state index in [0.717, 1.165) is 10.9 Å². The van der Waals surface area contributed by atoms with Gasteiger partial charge in [0.05, 0.1) is 28.9 Å². The van der Waals surface area contributed by atoms with Crippen LogP contribution >= 0.6 is 0 Å². The highest BCUT2D eigenvalue weighted by Gasteiger charge is 2.13. The molecule has 0 aliphatic carbocycles. The number of benzene rings is 2. The van der Waals surface area contributed by atoms with Crippen LogP contribution in [-0.4, -0.2) is 22.4 Å². The number of pyridine rings is 1. The molecule has 0 saturated carbocycles. The van der Waals surface area contributed by atoms with Gasteiger partial charge in [-0.05, 0) is 18.2 Å². The van der Waals surface area contributed by atoms with E-state index in [1.807, 2.05) is 30.3 Å². The number of amides is 1. The van der Waals surface area contributed by atoms with Gasteiger partial charge in [0.25, 0.3) is 5.69 Å². The van der Waals surface area contributed by atoms with Gasteiger partial charge in [-0.25, -0.2) is 0 Å². The Morgan fingerprint density at radius 2 is 1.88 bits per heavy atom. The second kappa shape index (κ2) is 6.74. The van der Waals surface area contributed by atoms with E-state index in [9.17, 15) is 14.9 Å². The van der Waals surface area contributed by atoms with E-state index in [4.69, 9.17) is 0 Å². The molecular formula is C17H14N4O3. The van der Waals surface area contributed by atoms with Gasteiger partial charge in [0.2, 0.25) is 5.91 Å². The van der Waals surface area contributed by atoms with Crippen LogP contribution in [0, 0.1) is 10.1 Å². The number of rotatable bonds is 5. The molecule has 3 rings (SSSR count). The second-order valence-electron chi connectivity index (χ2n) is 5.09. The maximum absolute atomic E-state index is 12.0. The van der Waals surface area contributed by atoms with Crippen molar-refractivity contribution in [3.05, 3.63) is 70.9 Å². The maximum Gasteiger partial charge on any atom is 0.292 e. The number of hydrogen-bond acceptors (Lipinski definition) is 5. The highest BCUT2D eigenvalue weighted by molar-refractivity contribution is 5.95. The predicted molar refractivity (Wildman–Crippen MR) is 92.0 cm³/mol. The predicted octanol–water partition coefficient (Wildman–Crippen LogP) is 3.19. The Kier molecular flexibility index (Phi) is 4.33. The van der Waals surface area contributed by atoms with Crippen molar-refractivity contribution >= 4 is 33.9 Å². The number of nitro benzene ring substituents is 1. The van der Waals surface area contributed by atoms with E-state index in [1.54, 1.807) is 24.4 Å². The van der Waals surface area contributed by atoms with Crippen molar-refractivity contribution < 1.29 is 9.72 Å². The van der Waals surface area contributed by atoms with Gasteiger partial charge in [0.15, 0.2) is 0 Å². The lowest BCUT2D eigenvalue weighted by Gasteiger charge is -2.08. The van der Waals surface area contributed by atoms with Crippen LogP contribution in [0.3, 0.4) is 0 Å². The lowest BCUT2D eigenvalue weighted by Crippen LogP contribution is -2.22. The van der Waals surface area contributed by atoms with Crippen LogP contribution in [0.5, 0.6) is 0 Å². The summed E-state index contributed by atoms with van der Waals surface area (Å²) in [6, 6.07) is 15.6. The van der Waals surface area contributed by atoms with E-state index >= 15 is 0 Å². The first kappa shape index (κ1) is 15.4. The first-order valence-corrected chi connectivity index (χ1v) is 7.25. The fraction of sp³-hybridized carbons (Fsp3) is 0.0588. The standard InChI is InChI=1S/C17H14N4O3/c22-17(11-19-15-7-3-4-8-16(15)21(23)24)20-13-9-12-5-1-2-6-14(12)18-10-13/h1-10,19H,11H2,(H,20,22). The van der Waals surface area contributed by atoms with Gasteiger partial charge in [-0.2, -0.15) is 0 Å². The Bertz CT molecular complexity index is 911. The number of hydrogen-bond donors (Lipinski definition) is 2. The quantitative estimate of drug-likeness (QED) is 0.555. The van der Waals surface area contributed by atoms with Crippen LogP contribution in [0.2, 0.25) is 0 Å². The second-order valence-corrected chi connectivity index (χ2v) is 5.09. The van der Waals surface area contributed by atoms with Gasteiger partial charge in [0.1, 0.15) is 5.69 Å².